The molecular formula is C24H25FN2O3S. The van der Waals surface area contributed by atoms with Crippen molar-refractivity contribution in [2.75, 3.05) is 15.4 Å². The van der Waals surface area contributed by atoms with Gasteiger partial charge in [0.2, 0.25) is 10.0 Å². The molecule has 0 saturated carbocycles. The third kappa shape index (κ3) is 5.49. The van der Waals surface area contributed by atoms with Crippen molar-refractivity contribution >= 4 is 27.3 Å². The Bertz CT molecular complexity index is 1170. The van der Waals surface area contributed by atoms with Crippen molar-refractivity contribution in [1.82, 2.24) is 0 Å². The summed E-state index contributed by atoms with van der Waals surface area (Å²) in [5.74, 6) is -0.763. The molecule has 1 amide bonds. The van der Waals surface area contributed by atoms with Gasteiger partial charge in [-0.3, -0.25) is 9.10 Å². The number of hydrogen-bond acceptors (Lipinski definition) is 3. The van der Waals surface area contributed by atoms with Crippen molar-refractivity contribution < 1.29 is 17.6 Å². The molecule has 0 aliphatic heterocycles. The monoisotopic (exact) mass is 440 g/mol. The van der Waals surface area contributed by atoms with Crippen LogP contribution in [0.3, 0.4) is 0 Å². The molecule has 0 atom stereocenters. The molecule has 31 heavy (non-hydrogen) atoms. The minimum Gasteiger partial charge on any atom is -0.322 e. The second-order valence-electron chi connectivity index (χ2n) is 7.33. The summed E-state index contributed by atoms with van der Waals surface area (Å²) in [6.07, 6.45) is 0. The molecule has 3 aromatic carbocycles. The van der Waals surface area contributed by atoms with E-state index in [4.69, 9.17) is 0 Å². The van der Waals surface area contributed by atoms with Gasteiger partial charge in [0.15, 0.2) is 0 Å². The lowest BCUT2D eigenvalue weighted by Gasteiger charge is -2.25. The van der Waals surface area contributed by atoms with Crippen molar-refractivity contribution in [2.45, 2.75) is 27.3 Å². The van der Waals surface area contributed by atoms with Crippen LogP contribution in [0.1, 0.15) is 34.0 Å². The molecule has 0 aliphatic rings. The SMILES string of the molecule is CCS(=O)(=O)N(Cc1ccc(NC(=O)c2ccc(F)cc2)cc1)c1ccc(C)c(C)c1. The molecule has 3 rings (SSSR count). The molecule has 162 valence electrons. The minimum atomic E-state index is -3.48. The highest BCUT2D eigenvalue weighted by Crippen LogP contribution is 2.25. The van der Waals surface area contributed by atoms with E-state index in [2.05, 4.69) is 5.32 Å². The predicted octanol–water partition coefficient (Wildman–Crippen LogP) is 5.05. The number of hydrogen-bond donors (Lipinski definition) is 1. The molecule has 1 N–H and O–H groups in total. The van der Waals surface area contributed by atoms with Gasteiger partial charge in [-0.2, -0.15) is 0 Å². The van der Waals surface area contributed by atoms with Crippen molar-refractivity contribution in [1.29, 1.82) is 0 Å². The summed E-state index contributed by atoms with van der Waals surface area (Å²) < 4.78 is 39.9. The number of halogens is 1. The van der Waals surface area contributed by atoms with E-state index in [-0.39, 0.29) is 18.2 Å². The Labute approximate surface area is 182 Å². The van der Waals surface area contributed by atoms with Crippen molar-refractivity contribution in [3.63, 3.8) is 0 Å². The van der Waals surface area contributed by atoms with Gasteiger partial charge < -0.3 is 5.32 Å². The van der Waals surface area contributed by atoms with Crippen LogP contribution in [0, 0.1) is 19.7 Å². The number of amides is 1. The van der Waals surface area contributed by atoms with Crippen LogP contribution in [0.15, 0.2) is 66.7 Å². The van der Waals surface area contributed by atoms with Crippen LogP contribution in [0.2, 0.25) is 0 Å². The maximum absolute atomic E-state index is 13.0. The lowest BCUT2D eigenvalue weighted by molar-refractivity contribution is 0.102. The number of rotatable bonds is 7. The molecule has 5 nitrogen and oxygen atoms in total. The summed E-state index contributed by atoms with van der Waals surface area (Å²) in [6.45, 7) is 5.74. The van der Waals surface area contributed by atoms with Gasteiger partial charge in [0.1, 0.15) is 5.82 Å². The van der Waals surface area contributed by atoms with Crippen molar-refractivity contribution in [3.05, 3.63) is 94.8 Å². The van der Waals surface area contributed by atoms with Crippen molar-refractivity contribution in [3.8, 4) is 0 Å². The average molecular weight is 441 g/mol. The Morgan fingerprint density at radius 3 is 2.16 bits per heavy atom. The number of nitrogens with one attached hydrogen (secondary N) is 1. The third-order valence-electron chi connectivity index (χ3n) is 5.12. The fourth-order valence-electron chi connectivity index (χ4n) is 3.05. The van der Waals surface area contributed by atoms with Crippen LogP contribution in [-0.4, -0.2) is 20.1 Å². The van der Waals surface area contributed by atoms with E-state index in [0.29, 0.717) is 16.9 Å². The topological polar surface area (TPSA) is 66.5 Å². The minimum absolute atomic E-state index is 0.00820. The average Bonchev–Trinajstić information content (AvgIpc) is 2.75. The summed E-state index contributed by atoms with van der Waals surface area (Å²) in [4.78, 5) is 12.3. The van der Waals surface area contributed by atoms with Crippen LogP contribution in [0.25, 0.3) is 0 Å². The Morgan fingerprint density at radius 1 is 0.935 bits per heavy atom. The summed E-state index contributed by atoms with van der Waals surface area (Å²) in [5, 5.41) is 2.75. The van der Waals surface area contributed by atoms with E-state index >= 15 is 0 Å². The third-order valence-corrected chi connectivity index (χ3v) is 6.86. The molecule has 0 bridgehead atoms. The highest BCUT2D eigenvalue weighted by molar-refractivity contribution is 7.92. The van der Waals surface area contributed by atoms with E-state index in [9.17, 15) is 17.6 Å². The van der Waals surface area contributed by atoms with E-state index in [1.807, 2.05) is 32.0 Å². The van der Waals surface area contributed by atoms with Crippen molar-refractivity contribution in [2.24, 2.45) is 0 Å². The standard InChI is InChI=1S/C24H25FN2O3S/c1-4-31(29,30)27(23-14-5-17(2)18(3)15-23)16-19-6-12-22(13-7-19)26-24(28)20-8-10-21(25)11-9-20/h5-15H,4,16H2,1-3H3,(H,26,28). The van der Waals surface area contributed by atoms with Gasteiger partial charge in [0.05, 0.1) is 18.0 Å². The van der Waals surface area contributed by atoms with E-state index < -0.39 is 15.8 Å². The summed E-state index contributed by atoms with van der Waals surface area (Å²) >= 11 is 0. The largest absolute Gasteiger partial charge is 0.322 e. The van der Waals surface area contributed by atoms with Gasteiger partial charge in [0, 0.05) is 11.3 Å². The maximum atomic E-state index is 13.0. The number of anilines is 2. The molecular weight excluding hydrogens is 415 g/mol. The Morgan fingerprint density at radius 2 is 1.58 bits per heavy atom. The second-order valence-corrected chi connectivity index (χ2v) is 9.52. The lowest BCUT2D eigenvalue weighted by atomic mass is 10.1. The van der Waals surface area contributed by atoms with E-state index in [0.717, 1.165) is 16.7 Å². The zero-order valence-electron chi connectivity index (χ0n) is 17.7. The van der Waals surface area contributed by atoms with Crippen LogP contribution in [-0.2, 0) is 16.6 Å². The first-order valence-electron chi connectivity index (χ1n) is 9.93. The molecule has 0 radical (unpaired) electrons. The highest BCUT2D eigenvalue weighted by atomic mass is 32.2. The number of sulfonamides is 1. The van der Waals surface area contributed by atoms with E-state index in [1.165, 1.54) is 28.6 Å². The Balaban J connectivity index is 1.78. The summed E-state index contributed by atoms with van der Waals surface area (Å²) in [7, 11) is -3.48. The fraction of sp³-hybridized carbons (Fsp3) is 0.208. The number of carbonyl (C=O) groups excluding carboxylic acids is 1. The van der Waals surface area contributed by atoms with Crippen LogP contribution >= 0.6 is 0 Å². The fourth-order valence-corrected chi connectivity index (χ4v) is 4.14. The maximum Gasteiger partial charge on any atom is 0.255 e. The Hall–Kier alpha value is -3.19. The van der Waals surface area contributed by atoms with Gasteiger partial charge >= 0.3 is 0 Å². The number of carbonyl (C=O) groups is 1. The van der Waals surface area contributed by atoms with E-state index in [1.54, 1.807) is 31.2 Å². The molecule has 0 spiro atoms. The van der Waals surface area contributed by atoms with Gasteiger partial charge in [-0.15, -0.1) is 0 Å². The zero-order valence-corrected chi connectivity index (χ0v) is 18.5. The van der Waals surface area contributed by atoms with Crippen LogP contribution in [0.5, 0.6) is 0 Å². The zero-order chi connectivity index (χ0) is 22.6. The summed E-state index contributed by atoms with van der Waals surface area (Å²) in [6, 6.07) is 17.9. The van der Waals surface area contributed by atoms with Gasteiger partial charge in [-0.1, -0.05) is 18.2 Å². The lowest BCUT2D eigenvalue weighted by Crippen LogP contribution is -2.32. The van der Waals surface area contributed by atoms with Crippen LogP contribution in [0.4, 0.5) is 15.8 Å². The smallest absolute Gasteiger partial charge is 0.255 e. The molecule has 0 aromatic heterocycles. The van der Waals surface area contributed by atoms with Crippen LogP contribution < -0.4 is 9.62 Å². The number of nitrogens with zero attached hydrogens (tertiary/aromatic N) is 1. The number of aryl methyl sites for hydroxylation is 2. The molecule has 0 heterocycles. The van der Waals surface area contributed by atoms with Gasteiger partial charge in [-0.25, -0.2) is 12.8 Å². The van der Waals surface area contributed by atoms with Gasteiger partial charge in [-0.05, 0) is 86.0 Å². The Kier molecular flexibility index (Phi) is 6.75. The predicted molar refractivity (Wildman–Crippen MR) is 122 cm³/mol. The molecule has 7 heteroatoms. The quantitative estimate of drug-likeness (QED) is 0.559. The molecule has 0 unspecified atom stereocenters. The first kappa shape index (κ1) is 22.5. The normalized spacial score (nSPS) is 11.2. The second kappa shape index (κ2) is 9.31. The van der Waals surface area contributed by atoms with Gasteiger partial charge in [0.25, 0.3) is 5.91 Å². The first-order chi connectivity index (χ1) is 14.7. The molecule has 0 fully saturated rings. The summed E-state index contributed by atoms with van der Waals surface area (Å²) in [5.41, 5.74) is 4.44. The molecule has 0 aliphatic carbocycles. The molecule has 3 aromatic rings. The highest BCUT2D eigenvalue weighted by Gasteiger charge is 2.21. The number of benzene rings is 3. The molecule has 0 saturated heterocycles. The first-order valence-corrected chi connectivity index (χ1v) is 11.5.